The van der Waals surface area contributed by atoms with Gasteiger partial charge in [0, 0.05) is 19.6 Å². The van der Waals surface area contributed by atoms with E-state index in [1.165, 1.54) is 19.5 Å². The van der Waals surface area contributed by atoms with Crippen LogP contribution in [0.2, 0.25) is 0 Å². The zero-order valence-electron chi connectivity index (χ0n) is 10.2. The van der Waals surface area contributed by atoms with Gasteiger partial charge in [0.1, 0.15) is 12.2 Å². The van der Waals surface area contributed by atoms with E-state index < -0.39 is 0 Å². The van der Waals surface area contributed by atoms with Crippen LogP contribution in [0.3, 0.4) is 0 Å². The van der Waals surface area contributed by atoms with Crippen molar-refractivity contribution >= 4 is 12.4 Å². The molecule has 0 saturated carbocycles. The lowest BCUT2D eigenvalue weighted by molar-refractivity contribution is 0.140. The maximum absolute atomic E-state index is 4.30. The van der Waals surface area contributed by atoms with Crippen molar-refractivity contribution in [1.29, 1.82) is 0 Å². The van der Waals surface area contributed by atoms with Crippen LogP contribution in [0.1, 0.15) is 19.2 Å². The molecule has 5 nitrogen and oxygen atoms in total. The normalized spacial score (nSPS) is 28.8. The Bertz CT molecular complexity index is 372. The third-order valence-corrected chi connectivity index (χ3v) is 3.75. The summed E-state index contributed by atoms with van der Waals surface area (Å²) >= 11 is 0. The zero-order valence-corrected chi connectivity index (χ0v) is 11.0. The third-order valence-electron chi connectivity index (χ3n) is 3.75. The number of hydrogen-bond donors (Lipinski definition) is 1. The van der Waals surface area contributed by atoms with Crippen LogP contribution in [0.4, 0.5) is 0 Å². The van der Waals surface area contributed by atoms with Crippen LogP contribution in [0, 0.1) is 5.41 Å². The van der Waals surface area contributed by atoms with Gasteiger partial charge >= 0.3 is 0 Å². The molecule has 2 aliphatic heterocycles. The molecule has 0 bridgehead atoms. The Hall–Kier alpha value is -0.650. The van der Waals surface area contributed by atoms with Crippen molar-refractivity contribution in [3.05, 3.63) is 12.2 Å². The van der Waals surface area contributed by atoms with Gasteiger partial charge in [0.05, 0.1) is 13.1 Å². The van der Waals surface area contributed by atoms with Crippen LogP contribution in [0.25, 0.3) is 0 Å². The Balaban J connectivity index is 0.00000108. The average molecular weight is 258 g/mol. The van der Waals surface area contributed by atoms with Gasteiger partial charge in [0.15, 0.2) is 0 Å². The summed E-state index contributed by atoms with van der Waals surface area (Å²) in [5, 5.41) is 7.66. The van der Waals surface area contributed by atoms with Crippen LogP contribution in [-0.4, -0.2) is 45.8 Å². The van der Waals surface area contributed by atoms with Crippen LogP contribution >= 0.6 is 12.4 Å². The van der Waals surface area contributed by atoms with Crippen molar-refractivity contribution in [2.24, 2.45) is 5.41 Å². The lowest BCUT2D eigenvalue weighted by Crippen LogP contribution is -2.42. The number of nitrogens with zero attached hydrogens (tertiary/aromatic N) is 4. The summed E-state index contributed by atoms with van der Waals surface area (Å²) in [6.07, 6.45) is 2.95. The monoisotopic (exact) mass is 257 g/mol. The maximum atomic E-state index is 4.30. The molecule has 6 heteroatoms. The summed E-state index contributed by atoms with van der Waals surface area (Å²) in [5.74, 6) is 1.11. The molecule has 1 atom stereocenters. The van der Waals surface area contributed by atoms with Crippen molar-refractivity contribution in [2.45, 2.75) is 26.4 Å². The SMILES string of the molecule is CC1(CN2CCn3ncnc3C2)CCNC1.Cl. The second-order valence-corrected chi connectivity index (χ2v) is 5.35. The fourth-order valence-corrected chi connectivity index (χ4v) is 2.79. The van der Waals surface area contributed by atoms with Gasteiger partial charge in [0.2, 0.25) is 0 Å². The van der Waals surface area contributed by atoms with Gasteiger partial charge in [-0.25, -0.2) is 9.67 Å². The number of hydrogen-bond acceptors (Lipinski definition) is 4. The molecular weight excluding hydrogens is 238 g/mol. The summed E-state index contributed by atoms with van der Waals surface area (Å²) < 4.78 is 2.02. The molecule has 1 saturated heterocycles. The molecule has 1 N–H and O–H groups in total. The van der Waals surface area contributed by atoms with Gasteiger partial charge in [-0.05, 0) is 18.4 Å². The highest BCUT2D eigenvalue weighted by atomic mass is 35.5. The second kappa shape index (κ2) is 4.92. The number of fused-ring (bicyclic) bond motifs is 1. The minimum absolute atomic E-state index is 0. The Kier molecular flexibility index (Phi) is 3.70. The van der Waals surface area contributed by atoms with Crippen LogP contribution in [0.15, 0.2) is 6.33 Å². The Morgan fingerprint density at radius 3 is 3.12 bits per heavy atom. The van der Waals surface area contributed by atoms with Gasteiger partial charge in [-0.1, -0.05) is 6.92 Å². The summed E-state index contributed by atoms with van der Waals surface area (Å²) in [5.41, 5.74) is 0.447. The lowest BCUT2D eigenvalue weighted by Gasteiger charge is -2.33. The molecule has 0 amide bonds. The van der Waals surface area contributed by atoms with Crippen molar-refractivity contribution in [2.75, 3.05) is 26.2 Å². The molecule has 0 radical (unpaired) electrons. The summed E-state index contributed by atoms with van der Waals surface area (Å²) in [7, 11) is 0. The van der Waals surface area contributed by atoms with Crippen molar-refractivity contribution in [1.82, 2.24) is 25.0 Å². The van der Waals surface area contributed by atoms with Gasteiger partial charge in [-0.2, -0.15) is 5.10 Å². The van der Waals surface area contributed by atoms with Crippen molar-refractivity contribution in [3.8, 4) is 0 Å². The topological polar surface area (TPSA) is 46.0 Å². The lowest BCUT2D eigenvalue weighted by atomic mass is 9.89. The van der Waals surface area contributed by atoms with E-state index in [0.29, 0.717) is 5.41 Å². The first-order valence-corrected chi connectivity index (χ1v) is 6.05. The Morgan fingerprint density at radius 2 is 2.35 bits per heavy atom. The number of halogens is 1. The summed E-state index contributed by atoms with van der Waals surface area (Å²) in [6, 6.07) is 0. The maximum Gasteiger partial charge on any atom is 0.141 e. The molecule has 1 unspecified atom stereocenters. The second-order valence-electron chi connectivity index (χ2n) is 5.35. The van der Waals surface area contributed by atoms with Crippen LogP contribution < -0.4 is 5.32 Å². The average Bonchev–Trinajstić information content (AvgIpc) is 2.86. The molecule has 96 valence electrons. The van der Waals surface area contributed by atoms with E-state index in [4.69, 9.17) is 0 Å². The fraction of sp³-hybridized carbons (Fsp3) is 0.818. The van der Waals surface area contributed by atoms with Crippen LogP contribution in [0.5, 0.6) is 0 Å². The summed E-state index contributed by atoms with van der Waals surface area (Å²) in [4.78, 5) is 6.81. The largest absolute Gasteiger partial charge is 0.316 e. The van der Waals surface area contributed by atoms with Crippen molar-refractivity contribution < 1.29 is 0 Å². The predicted octanol–water partition coefficient (Wildman–Crippen LogP) is 0.515. The van der Waals surface area contributed by atoms with Crippen LogP contribution in [-0.2, 0) is 13.1 Å². The molecule has 0 aliphatic carbocycles. The van der Waals surface area contributed by atoms with E-state index in [0.717, 1.165) is 32.0 Å². The molecule has 0 spiro atoms. The summed E-state index contributed by atoms with van der Waals surface area (Å²) in [6.45, 7) is 8.91. The van der Waals surface area contributed by atoms with E-state index >= 15 is 0 Å². The first kappa shape index (κ1) is 12.8. The highest BCUT2D eigenvalue weighted by molar-refractivity contribution is 5.85. The first-order valence-electron chi connectivity index (χ1n) is 6.05. The minimum Gasteiger partial charge on any atom is -0.316 e. The van der Waals surface area contributed by atoms with E-state index in [1.807, 2.05) is 4.68 Å². The number of aromatic nitrogens is 3. The molecule has 3 heterocycles. The molecule has 1 aromatic heterocycles. The van der Waals surface area contributed by atoms with E-state index in [9.17, 15) is 0 Å². The molecule has 0 aromatic carbocycles. The molecule has 3 rings (SSSR count). The smallest absolute Gasteiger partial charge is 0.141 e. The van der Waals surface area contributed by atoms with Gasteiger partial charge in [0.25, 0.3) is 0 Å². The molecule has 1 aromatic rings. The van der Waals surface area contributed by atoms with Gasteiger partial charge in [-0.3, -0.25) is 4.90 Å². The molecule has 17 heavy (non-hydrogen) atoms. The van der Waals surface area contributed by atoms with Gasteiger partial charge in [-0.15, -0.1) is 12.4 Å². The molecule has 2 aliphatic rings. The quantitative estimate of drug-likeness (QED) is 0.839. The highest BCUT2D eigenvalue weighted by Gasteiger charge is 2.32. The molecule has 1 fully saturated rings. The van der Waals surface area contributed by atoms with Crippen molar-refractivity contribution in [3.63, 3.8) is 0 Å². The zero-order chi connectivity index (χ0) is 11.0. The molecular formula is C11H20ClN5. The first-order chi connectivity index (χ1) is 7.75. The number of nitrogens with one attached hydrogen (secondary N) is 1. The Morgan fingerprint density at radius 1 is 1.47 bits per heavy atom. The standard InChI is InChI=1S/C11H19N5.ClH/c1-11(2-3-12-7-11)8-15-4-5-16-10(6-15)13-9-14-16;/h9,12H,2-8H2,1H3;1H. The number of rotatable bonds is 2. The Labute approximate surface area is 108 Å². The third kappa shape index (κ3) is 2.61. The highest BCUT2D eigenvalue weighted by Crippen LogP contribution is 2.26. The minimum atomic E-state index is 0. The fourth-order valence-electron chi connectivity index (χ4n) is 2.79. The predicted molar refractivity (Wildman–Crippen MR) is 68.1 cm³/mol. The van der Waals surface area contributed by atoms with E-state index in [1.54, 1.807) is 6.33 Å². The van der Waals surface area contributed by atoms with Gasteiger partial charge < -0.3 is 5.32 Å². The van der Waals surface area contributed by atoms with E-state index in [-0.39, 0.29) is 12.4 Å². The van der Waals surface area contributed by atoms with E-state index in [2.05, 4.69) is 27.2 Å².